The molecule has 4 amide bonds. The standard InChI is InChI=1S/C37H42N6O5/c1-34(2,3)48-33(47)42(4)17-24-8-5-6-9-25(24)18-43(32(46)35-20-36(38,21-35)22-35)19-29(44)40-27-12-11-23-15-37(16-26(23)14-27)28-10-7-13-39-30(28)41-31(37)45/h5-14H,15-22,38H2,1-4H3,(H,40,44)(H,39,41,45)/t35?,36?,37-/m1/s1. The minimum atomic E-state index is -0.703. The number of anilines is 2. The second kappa shape index (κ2) is 11.2. The number of carbonyl (C=O) groups excluding carboxylic acids is 4. The fourth-order valence-corrected chi connectivity index (χ4v) is 8.08. The average molecular weight is 651 g/mol. The van der Waals surface area contributed by atoms with Crippen LogP contribution in [0, 0.1) is 5.41 Å². The zero-order valence-electron chi connectivity index (χ0n) is 27.9. The molecule has 1 aromatic heterocycles. The minimum Gasteiger partial charge on any atom is -0.444 e. The van der Waals surface area contributed by atoms with E-state index >= 15 is 0 Å². The van der Waals surface area contributed by atoms with Crippen molar-refractivity contribution in [3.8, 4) is 0 Å². The van der Waals surface area contributed by atoms with E-state index in [1.54, 1.807) is 18.1 Å². The van der Waals surface area contributed by atoms with Crippen molar-refractivity contribution in [1.29, 1.82) is 0 Å². The smallest absolute Gasteiger partial charge is 0.410 e. The molecule has 0 saturated heterocycles. The van der Waals surface area contributed by atoms with Crippen LogP contribution in [0.3, 0.4) is 0 Å². The third kappa shape index (κ3) is 5.59. The Morgan fingerprint density at radius 3 is 2.35 bits per heavy atom. The number of pyridine rings is 1. The SMILES string of the molecule is CN(Cc1ccccc1CN(CC(=O)Nc1ccc2c(c1)C[C@@]1(C2)C(=O)Nc2ncccc21)C(=O)C12CC(N)(C1)C2)C(=O)OC(C)(C)C. The van der Waals surface area contributed by atoms with E-state index in [-0.39, 0.29) is 42.9 Å². The maximum atomic E-state index is 14.0. The third-order valence-electron chi connectivity index (χ3n) is 10.2. The van der Waals surface area contributed by atoms with Gasteiger partial charge in [0.05, 0.1) is 10.8 Å². The molecule has 2 bridgehead atoms. The molecule has 11 heteroatoms. The average Bonchev–Trinajstić information content (AvgIpc) is 3.50. The van der Waals surface area contributed by atoms with Gasteiger partial charge in [0, 0.05) is 43.1 Å². The van der Waals surface area contributed by atoms with Gasteiger partial charge in [0.15, 0.2) is 0 Å². The lowest BCUT2D eigenvalue weighted by molar-refractivity contribution is -0.184. The Kier molecular flexibility index (Phi) is 7.39. The van der Waals surface area contributed by atoms with E-state index in [1.807, 2.05) is 75.4 Å². The van der Waals surface area contributed by atoms with E-state index in [0.29, 0.717) is 43.6 Å². The molecule has 0 unspecified atom stereocenters. The topological polar surface area (TPSA) is 147 Å². The summed E-state index contributed by atoms with van der Waals surface area (Å²) in [5.74, 6) is 0.158. The number of nitrogens with zero attached hydrogens (tertiary/aromatic N) is 3. The molecule has 2 aromatic carbocycles. The molecule has 1 aliphatic heterocycles. The van der Waals surface area contributed by atoms with Crippen LogP contribution in [-0.2, 0) is 50.5 Å². The van der Waals surface area contributed by atoms with Crippen LogP contribution in [-0.4, -0.2) is 63.3 Å². The van der Waals surface area contributed by atoms with Gasteiger partial charge in [-0.15, -0.1) is 0 Å². The predicted octanol–water partition coefficient (Wildman–Crippen LogP) is 4.29. The van der Waals surface area contributed by atoms with Crippen LogP contribution in [0.4, 0.5) is 16.3 Å². The molecule has 11 nitrogen and oxygen atoms in total. The van der Waals surface area contributed by atoms with Gasteiger partial charge in [-0.1, -0.05) is 36.4 Å². The molecule has 48 heavy (non-hydrogen) atoms. The summed E-state index contributed by atoms with van der Waals surface area (Å²) in [6.07, 6.45) is 4.18. The Labute approximate surface area is 280 Å². The number of rotatable bonds is 8. The van der Waals surface area contributed by atoms with Crippen LogP contribution in [0.25, 0.3) is 0 Å². The summed E-state index contributed by atoms with van der Waals surface area (Å²) in [6, 6.07) is 17.2. The highest BCUT2D eigenvalue weighted by molar-refractivity contribution is 6.06. The normalized spacial score (nSPS) is 24.5. The predicted molar refractivity (Wildman–Crippen MR) is 180 cm³/mol. The number of aromatic nitrogens is 1. The van der Waals surface area contributed by atoms with Crippen LogP contribution >= 0.6 is 0 Å². The van der Waals surface area contributed by atoms with E-state index in [4.69, 9.17) is 10.5 Å². The summed E-state index contributed by atoms with van der Waals surface area (Å²) in [5, 5.41) is 5.93. The van der Waals surface area contributed by atoms with Gasteiger partial charge in [0.25, 0.3) is 0 Å². The lowest BCUT2D eigenvalue weighted by Crippen LogP contribution is -2.76. The second-order valence-corrected chi connectivity index (χ2v) is 15.3. The van der Waals surface area contributed by atoms with Gasteiger partial charge in [-0.25, -0.2) is 9.78 Å². The van der Waals surface area contributed by atoms with Crippen molar-refractivity contribution in [3.05, 3.63) is 88.6 Å². The van der Waals surface area contributed by atoms with Crippen molar-refractivity contribution in [1.82, 2.24) is 14.8 Å². The van der Waals surface area contributed by atoms with Gasteiger partial charge in [0.2, 0.25) is 17.7 Å². The molecular weight excluding hydrogens is 608 g/mol. The maximum absolute atomic E-state index is 14.0. The summed E-state index contributed by atoms with van der Waals surface area (Å²) >= 11 is 0. The van der Waals surface area contributed by atoms with Crippen molar-refractivity contribution in [2.24, 2.45) is 11.1 Å². The molecule has 4 aliphatic carbocycles. The number of amides is 4. The van der Waals surface area contributed by atoms with Crippen LogP contribution in [0.2, 0.25) is 0 Å². The Morgan fingerprint density at radius 2 is 1.67 bits per heavy atom. The molecule has 1 spiro atoms. The first kappa shape index (κ1) is 31.8. The van der Waals surface area contributed by atoms with Gasteiger partial charge in [0.1, 0.15) is 18.0 Å². The van der Waals surface area contributed by atoms with E-state index in [1.165, 1.54) is 4.90 Å². The molecular formula is C37H42N6O5. The van der Waals surface area contributed by atoms with Crippen molar-refractivity contribution >= 4 is 35.3 Å². The molecule has 3 aromatic rings. The summed E-state index contributed by atoms with van der Waals surface area (Å²) in [6.45, 7) is 5.81. The molecule has 0 radical (unpaired) electrons. The number of hydrogen-bond donors (Lipinski definition) is 3. The van der Waals surface area contributed by atoms with E-state index < -0.39 is 22.5 Å². The lowest BCUT2D eigenvalue weighted by Gasteiger charge is -2.68. The first-order valence-corrected chi connectivity index (χ1v) is 16.5. The van der Waals surface area contributed by atoms with Crippen LogP contribution < -0.4 is 16.4 Å². The van der Waals surface area contributed by atoms with Crippen molar-refractivity contribution in [2.75, 3.05) is 24.2 Å². The van der Waals surface area contributed by atoms with Crippen molar-refractivity contribution < 1.29 is 23.9 Å². The highest BCUT2D eigenvalue weighted by Gasteiger charge is 2.70. The van der Waals surface area contributed by atoms with Gasteiger partial charge in [-0.2, -0.15) is 0 Å². The number of ether oxygens (including phenoxy) is 1. The first-order valence-electron chi connectivity index (χ1n) is 16.5. The molecule has 3 saturated carbocycles. The highest BCUT2D eigenvalue weighted by Crippen LogP contribution is 2.66. The molecule has 2 heterocycles. The van der Waals surface area contributed by atoms with Crippen LogP contribution in [0.5, 0.6) is 0 Å². The summed E-state index contributed by atoms with van der Waals surface area (Å²) < 4.78 is 5.53. The number of nitrogens with one attached hydrogen (secondary N) is 2. The Morgan fingerprint density at radius 1 is 0.979 bits per heavy atom. The Bertz CT molecular complexity index is 1830. The quantitative estimate of drug-likeness (QED) is 0.330. The van der Waals surface area contributed by atoms with Crippen LogP contribution in [0.15, 0.2) is 60.8 Å². The van der Waals surface area contributed by atoms with Gasteiger partial charge >= 0.3 is 6.09 Å². The van der Waals surface area contributed by atoms with E-state index in [9.17, 15) is 19.2 Å². The van der Waals surface area contributed by atoms with Crippen molar-refractivity contribution in [2.45, 2.75) is 82.5 Å². The zero-order chi connectivity index (χ0) is 34.1. The molecule has 3 fully saturated rings. The monoisotopic (exact) mass is 650 g/mol. The zero-order valence-corrected chi connectivity index (χ0v) is 27.9. The fraction of sp³-hybridized carbons (Fsp3) is 0.432. The first-order chi connectivity index (χ1) is 22.7. The number of nitrogens with two attached hydrogens (primary N) is 1. The van der Waals surface area contributed by atoms with Gasteiger partial charge < -0.3 is 30.9 Å². The summed E-state index contributed by atoms with van der Waals surface area (Å²) in [5.41, 5.74) is 9.46. The van der Waals surface area contributed by atoms with Crippen molar-refractivity contribution in [3.63, 3.8) is 0 Å². The highest BCUT2D eigenvalue weighted by atomic mass is 16.6. The Hall–Kier alpha value is -4.77. The van der Waals surface area contributed by atoms with Crippen LogP contribution in [0.1, 0.15) is 67.9 Å². The molecule has 8 rings (SSSR count). The maximum Gasteiger partial charge on any atom is 0.410 e. The number of hydrogen-bond acceptors (Lipinski definition) is 7. The van der Waals surface area contributed by atoms with Gasteiger partial charge in [-0.3, -0.25) is 14.4 Å². The number of benzene rings is 2. The number of carbonyl (C=O) groups is 4. The summed E-state index contributed by atoms with van der Waals surface area (Å²) in [7, 11) is 1.68. The third-order valence-corrected chi connectivity index (χ3v) is 10.2. The molecule has 250 valence electrons. The van der Waals surface area contributed by atoms with E-state index in [0.717, 1.165) is 27.8 Å². The summed E-state index contributed by atoms with van der Waals surface area (Å²) in [4.78, 5) is 60.9. The van der Waals surface area contributed by atoms with E-state index in [2.05, 4.69) is 15.6 Å². The Balaban J connectivity index is 1.07. The second-order valence-electron chi connectivity index (χ2n) is 15.3. The number of fused-ring (bicyclic) bond motifs is 3. The molecule has 1 atom stereocenters. The fourth-order valence-electron chi connectivity index (χ4n) is 8.08. The molecule has 4 N–H and O–H groups in total. The minimum absolute atomic E-state index is 0.0578. The largest absolute Gasteiger partial charge is 0.444 e. The van der Waals surface area contributed by atoms with Gasteiger partial charge in [-0.05, 0) is 93.3 Å². The molecule has 5 aliphatic rings. The lowest BCUT2D eigenvalue weighted by atomic mass is 9.39.